The first-order valence-corrected chi connectivity index (χ1v) is 6.98. The maximum absolute atomic E-state index is 12.8. The molecular formula is C13H14BrF3N2O. The second kappa shape index (κ2) is 5.73. The van der Waals surface area contributed by atoms with Gasteiger partial charge in [-0.2, -0.15) is 13.2 Å². The molecule has 1 amide bonds. The van der Waals surface area contributed by atoms with Gasteiger partial charge in [0.1, 0.15) is 0 Å². The SMILES string of the molecule is NCC1CCN(C(=O)c2ccc(Br)c(C(F)(F)F)c2)C1. The summed E-state index contributed by atoms with van der Waals surface area (Å²) in [5.41, 5.74) is 4.76. The summed E-state index contributed by atoms with van der Waals surface area (Å²) in [4.78, 5) is 13.8. The molecule has 2 rings (SSSR count). The number of benzene rings is 1. The summed E-state index contributed by atoms with van der Waals surface area (Å²) in [5.74, 6) is -0.143. The molecule has 1 atom stereocenters. The average molecular weight is 351 g/mol. The molecule has 0 radical (unpaired) electrons. The lowest BCUT2D eigenvalue weighted by Gasteiger charge is -2.17. The van der Waals surface area contributed by atoms with Crippen LogP contribution >= 0.6 is 15.9 Å². The molecular weight excluding hydrogens is 337 g/mol. The summed E-state index contributed by atoms with van der Waals surface area (Å²) in [6.45, 7) is 1.53. The topological polar surface area (TPSA) is 46.3 Å². The Kier molecular flexibility index (Phi) is 4.39. The third-order valence-electron chi connectivity index (χ3n) is 3.43. The molecule has 1 unspecified atom stereocenters. The van der Waals surface area contributed by atoms with Crippen molar-refractivity contribution in [1.82, 2.24) is 4.90 Å². The van der Waals surface area contributed by atoms with Crippen LogP contribution in [0.3, 0.4) is 0 Å². The van der Waals surface area contributed by atoms with Gasteiger partial charge in [-0.25, -0.2) is 0 Å². The Morgan fingerprint density at radius 2 is 2.15 bits per heavy atom. The van der Waals surface area contributed by atoms with Gasteiger partial charge in [0.2, 0.25) is 0 Å². The lowest BCUT2D eigenvalue weighted by Crippen LogP contribution is -2.30. The number of rotatable bonds is 2. The van der Waals surface area contributed by atoms with Crippen molar-refractivity contribution in [1.29, 1.82) is 0 Å². The highest BCUT2D eigenvalue weighted by atomic mass is 79.9. The van der Waals surface area contributed by atoms with Gasteiger partial charge in [0.15, 0.2) is 0 Å². The van der Waals surface area contributed by atoms with E-state index in [2.05, 4.69) is 15.9 Å². The van der Waals surface area contributed by atoms with Gasteiger partial charge >= 0.3 is 6.18 Å². The van der Waals surface area contributed by atoms with Crippen molar-refractivity contribution >= 4 is 21.8 Å². The summed E-state index contributed by atoms with van der Waals surface area (Å²) in [6, 6.07) is 3.55. The van der Waals surface area contributed by atoms with Crippen LogP contribution in [0, 0.1) is 5.92 Å². The van der Waals surface area contributed by atoms with Gasteiger partial charge in [0.25, 0.3) is 5.91 Å². The van der Waals surface area contributed by atoms with Gasteiger partial charge < -0.3 is 10.6 Å². The summed E-state index contributed by atoms with van der Waals surface area (Å²) in [7, 11) is 0. The summed E-state index contributed by atoms with van der Waals surface area (Å²) in [5, 5.41) is 0. The zero-order chi connectivity index (χ0) is 14.9. The summed E-state index contributed by atoms with van der Waals surface area (Å²) in [6.07, 6.45) is -3.69. The molecule has 1 fully saturated rings. The molecule has 1 aromatic carbocycles. The Morgan fingerprint density at radius 1 is 1.45 bits per heavy atom. The highest BCUT2D eigenvalue weighted by Gasteiger charge is 2.34. The van der Waals surface area contributed by atoms with Crippen LogP contribution in [0.15, 0.2) is 22.7 Å². The van der Waals surface area contributed by atoms with Gasteiger partial charge in [0.05, 0.1) is 5.56 Å². The van der Waals surface area contributed by atoms with Gasteiger partial charge in [0, 0.05) is 23.1 Å². The molecule has 0 aliphatic carbocycles. The minimum absolute atomic E-state index is 0.0539. The molecule has 1 saturated heterocycles. The van der Waals surface area contributed by atoms with Gasteiger partial charge in [-0.3, -0.25) is 4.79 Å². The normalized spacial score (nSPS) is 19.4. The third kappa shape index (κ3) is 3.15. The number of nitrogens with zero attached hydrogens (tertiary/aromatic N) is 1. The third-order valence-corrected chi connectivity index (χ3v) is 4.12. The van der Waals surface area contributed by atoms with Crippen LogP contribution < -0.4 is 5.73 Å². The van der Waals surface area contributed by atoms with Crippen molar-refractivity contribution in [3.8, 4) is 0 Å². The Balaban J connectivity index is 2.23. The number of hydrogen-bond acceptors (Lipinski definition) is 2. The molecule has 0 spiro atoms. The number of likely N-dealkylation sites (tertiary alicyclic amines) is 1. The van der Waals surface area contributed by atoms with E-state index in [0.717, 1.165) is 12.5 Å². The zero-order valence-electron chi connectivity index (χ0n) is 10.6. The molecule has 1 aliphatic rings. The molecule has 1 aromatic rings. The first-order valence-electron chi connectivity index (χ1n) is 6.19. The molecule has 1 aliphatic heterocycles. The second-order valence-electron chi connectivity index (χ2n) is 4.83. The number of carbonyl (C=O) groups is 1. The first kappa shape index (κ1) is 15.3. The monoisotopic (exact) mass is 350 g/mol. The fraction of sp³-hybridized carbons (Fsp3) is 0.462. The van der Waals surface area contributed by atoms with Crippen molar-refractivity contribution in [3.05, 3.63) is 33.8 Å². The predicted molar refractivity (Wildman–Crippen MR) is 72.2 cm³/mol. The van der Waals surface area contributed by atoms with E-state index in [4.69, 9.17) is 5.73 Å². The van der Waals surface area contributed by atoms with Crippen molar-refractivity contribution in [2.45, 2.75) is 12.6 Å². The Labute approximate surface area is 123 Å². The number of amides is 1. The highest BCUT2D eigenvalue weighted by molar-refractivity contribution is 9.10. The van der Waals surface area contributed by atoms with E-state index < -0.39 is 11.7 Å². The smallest absolute Gasteiger partial charge is 0.338 e. The van der Waals surface area contributed by atoms with Crippen LogP contribution in [0.5, 0.6) is 0 Å². The second-order valence-corrected chi connectivity index (χ2v) is 5.69. The zero-order valence-corrected chi connectivity index (χ0v) is 12.2. The van der Waals surface area contributed by atoms with Crippen LogP contribution in [0.25, 0.3) is 0 Å². The minimum atomic E-state index is -4.49. The lowest BCUT2D eigenvalue weighted by atomic mass is 10.1. The maximum atomic E-state index is 12.8. The molecule has 7 heteroatoms. The fourth-order valence-electron chi connectivity index (χ4n) is 2.27. The highest BCUT2D eigenvalue weighted by Crippen LogP contribution is 2.35. The molecule has 0 bridgehead atoms. The van der Waals surface area contributed by atoms with E-state index in [9.17, 15) is 18.0 Å². The number of carbonyl (C=O) groups excluding carboxylic acids is 1. The van der Waals surface area contributed by atoms with E-state index in [1.165, 1.54) is 12.1 Å². The average Bonchev–Trinajstić information content (AvgIpc) is 2.86. The minimum Gasteiger partial charge on any atom is -0.338 e. The molecule has 0 saturated carbocycles. The van der Waals surface area contributed by atoms with Crippen LogP contribution in [0.2, 0.25) is 0 Å². The Morgan fingerprint density at radius 3 is 2.70 bits per heavy atom. The van der Waals surface area contributed by atoms with E-state index in [-0.39, 0.29) is 21.9 Å². The first-order chi connectivity index (χ1) is 9.32. The van der Waals surface area contributed by atoms with E-state index >= 15 is 0 Å². The summed E-state index contributed by atoms with van der Waals surface area (Å²) < 4.78 is 38.4. The number of nitrogens with two attached hydrogens (primary N) is 1. The standard InChI is InChI=1S/C13H14BrF3N2O/c14-11-2-1-9(5-10(11)13(15,16)17)12(20)19-4-3-8(6-18)7-19/h1-2,5,8H,3-4,6-7,18H2. The van der Waals surface area contributed by atoms with Crippen LogP contribution in [-0.2, 0) is 6.18 Å². The quantitative estimate of drug-likeness (QED) is 0.891. The Hall–Kier alpha value is -1.08. The Bertz CT molecular complexity index is 519. The molecule has 20 heavy (non-hydrogen) atoms. The van der Waals surface area contributed by atoms with Crippen molar-refractivity contribution < 1.29 is 18.0 Å². The maximum Gasteiger partial charge on any atom is 0.417 e. The number of hydrogen-bond donors (Lipinski definition) is 1. The molecule has 110 valence electrons. The molecule has 0 aromatic heterocycles. The molecule has 1 heterocycles. The molecule has 2 N–H and O–H groups in total. The van der Waals surface area contributed by atoms with Crippen LogP contribution in [-0.4, -0.2) is 30.4 Å². The predicted octanol–water partition coefficient (Wildman–Crippen LogP) is 2.89. The number of halogens is 4. The van der Waals surface area contributed by atoms with E-state index in [1.807, 2.05) is 0 Å². The van der Waals surface area contributed by atoms with Crippen LogP contribution in [0.4, 0.5) is 13.2 Å². The van der Waals surface area contributed by atoms with Crippen LogP contribution in [0.1, 0.15) is 22.3 Å². The molecule has 3 nitrogen and oxygen atoms in total. The number of alkyl halides is 3. The van der Waals surface area contributed by atoms with Gasteiger partial charge in [-0.15, -0.1) is 0 Å². The largest absolute Gasteiger partial charge is 0.417 e. The van der Waals surface area contributed by atoms with Gasteiger partial charge in [-0.05, 0) is 37.1 Å². The van der Waals surface area contributed by atoms with E-state index in [1.54, 1.807) is 4.90 Å². The lowest BCUT2D eigenvalue weighted by molar-refractivity contribution is -0.138. The fourth-order valence-corrected chi connectivity index (χ4v) is 2.74. The van der Waals surface area contributed by atoms with Gasteiger partial charge in [-0.1, -0.05) is 15.9 Å². The van der Waals surface area contributed by atoms with E-state index in [0.29, 0.717) is 19.6 Å². The van der Waals surface area contributed by atoms with Crippen molar-refractivity contribution in [2.75, 3.05) is 19.6 Å². The van der Waals surface area contributed by atoms with Crippen molar-refractivity contribution in [3.63, 3.8) is 0 Å². The summed E-state index contributed by atoms with van der Waals surface area (Å²) >= 11 is 2.86. The van der Waals surface area contributed by atoms with Crippen molar-refractivity contribution in [2.24, 2.45) is 11.7 Å².